The van der Waals surface area contributed by atoms with E-state index in [1.54, 1.807) is 12.1 Å². The molecule has 2 nitrogen and oxygen atoms in total. The quantitative estimate of drug-likeness (QED) is 0.770. The molecule has 0 radical (unpaired) electrons. The van der Waals surface area contributed by atoms with Crippen molar-refractivity contribution in [2.24, 2.45) is 0 Å². The van der Waals surface area contributed by atoms with E-state index in [4.69, 9.17) is 21.1 Å². The van der Waals surface area contributed by atoms with E-state index in [-0.39, 0.29) is 11.9 Å². The molecule has 2 unspecified atom stereocenters. The van der Waals surface area contributed by atoms with Gasteiger partial charge in [0, 0.05) is 18.2 Å². The van der Waals surface area contributed by atoms with E-state index in [1.807, 2.05) is 0 Å². The van der Waals surface area contributed by atoms with Gasteiger partial charge in [0.2, 0.25) is 0 Å². The molecule has 1 fully saturated rings. The molecule has 1 aliphatic rings. The number of alkyl halides is 1. The molecule has 94 valence electrons. The zero-order valence-electron chi connectivity index (χ0n) is 9.79. The first kappa shape index (κ1) is 12.7. The smallest absolute Gasteiger partial charge is 0.131 e. The van der Waals surface area contributed by atoms with Gasteiger partial charge in [-0.05, 0) is 25.3 Å². The van der Waals surface area contributed by atoms with Crippen LogP contribution in [0.3, 0.4) is 0 Å². The Labute approximate surface area is 106 Å². The molecule has 1 heterocycles. The number of rotatable bonds is 3. The summed E-state index contributed by atoms with van der Waals surface area (Å²) in [6.07, 6.45) is 2.95. The molecule has 1 aromatic carbocycles. The first-order valence-electron chi connectivity index (χ1n) is 5.81. The molecule has 0 spiro atoms. The number of hydrogen-bond donors (Lipinski definition) is 0. The fraction of sp³-hybridized carbons (Fsp3) is 0.538. The third-order valence-electron chi connectivity index (χ3n) is 3.05. The molecule has 0 N–H and O–H groups in total. The van der Waals surface area contributed by atoms with Gasteiger partial charge in [-0.15, -0.1) is 11.6 Å². The van der Waals surface area contributed by atoms with E-state index < -0.39 is 5.38 Å². The van der Waals surface area contributed by atoms with Gasteiger partial charge in [0.1, 0.15) is 11.6 Å². The van der Waals surface area contributed by atoms with Crippen LogP contribution in [-0.2, 0) is 4.74 Å². The highest BCUT2D eigenvalue weighted by Gasteiger charge is 2.26. The second-order valence-corrected chi connectivity index (χ2v) is 4.66. The van der Waals surface area contributed by atoms with Crippen LogP contribution in [0, 0.1) is 5.82 Å². The van der Waals surface area contributed by atoms with Crippen molar-refractivity contribution < 1.29 is 13.9 Å². The van der Waals surface area contributed by atoms with E-state index in [1.165, 1.54) is 13.2 Å². The van der Waals surface area contributed by atoms with Crippen LogP contribution in [0.15, 0.2) is 18.2 Å². The Morgan fingerprint density at radius 2 is 2.29 bits per heavy atom. The summed E-state index contributed by atoms with van der Waals surface area (Å²) < 4.78 is 24.4. The highest BCUT2D eigenvalue weighted by Crippen LogP contribution is 2.34. The van der Waals surface area contributed by atoms with Gasteiger partial charge in [0.15, 0.2) is 0 Å². The molecule has 0 saturated carbocycles. The van der Waals surface area contributed by atoms with Crippen LogP contribution in [-0.4, -0.2) is 19.8 Å². The summed E-state index contributed by atoms with van der Waals surface area (Å²) in [5.74, 6) is 0.165. The van der Waals surface area contributed by atoms with Gasteiger partial charge in [-0.2, -0.15) is 0 Å². The van der Waals surface area contributed by atoms with Crippen LogP contribution < -0.4 is 4.74 Å². The van der Waals surface area contributed by atoms with Gasteiger partial charge in [-0.25, -0.2) is 4.39 Å². The van der Waals surface area contributed by atoms with Gasteiger partial charge in [-0.3, -0.25) is 0 Å². The van der Waals surface area contributed by atoms with Crippen molar-refractivity contribution in [1.82, 2.24) is 0 Å². The number of benzene rings is 1. The normalized spacial score (nSPS) is 22.2. The van der Waals surface area contributed by atoms with Crippen LogP contribution in [0.5, 0.6) is 5.75 Å². The van der Waals surface area contributed by atoms with Crippen molar-refractivity contribution in [1.29, 1.82) is 0 Å². The zero-order valence-corrected chi connectivity index (χ0v) is 10.5. The molecular formula is C13H16ClFO2. The molecule has 17 heavy (non-hydrogen) atoms. The minimum Gasteiger partial charge on any atom is -0.497 e. The van der Waals surface area contributed by atoms with Crippen molar-refractivity contribution in [3.8, 4) is 5.75 Å². The summed E-state index contributed by atoms with van der Waals surface area (Å²) in [6.45, 7) is 0.714. The monoisotopic (exact) mass is 258 g/mol. The van der Waals surface area contributed by atoms with Crippen LogP contribution in [0.1, 0.15) is 30.2 Å². The average Bonchev–Trinajstić information content (AvgIpc) is 2.39. The van der Waals surface area contributed by atoms with E-state index in [9.17, 15) is 4.39 Å². The van der Waals surface area contributed by atoms with Gasteiger partial charge in [-0.1, -0.05) is 6.07 Å². The minimum absolute atomic E-state index is 0.0895. The van der Waals surface area contributed by atoms with Gasteiger partial charge < -0.3 is 9.47 Å². The van der Waals surface area contributed by atoms with Crippen LogP contribution in [0.2, 0.25) is 0 Å². The Balaban J connectivity index is 2.15. The molecule has 1 aliphatic heterocycles. The fourth-order valence-corrected chi connectivity index (χ4v) is 2.43. The standard InChI is InChI=1S/C13H16ClFO2/c1-16-9-5-6-10(11(15)8-9)13(14)12-4-2-3-7-17-12/h5-6,8,12-13H,2-4,7H2,1H3. The number of halogens is 2. The Kier molecular flexibility index (Phi) is 4.24. The lowest BCUT2D eigenvalue weighted by molar-refractivity contribution is 0.0131. The largest absolute Gasteiger partial charge is 0.497 e. The Hall–Kier alpha value is -0.800. The highest BCUT2D eigenvalue weighted by molar-refractivity contribution is 6.21. The SMILES string of the molecule is COc1ccc(C(Cl)C2CCCCO2)c(F)c1. The van der Waals surface area contributed by atoms with Crippen molar-refractivity contribution in [3.05, 3.63) is 29.6 Å². The van der Waals surface area contributed by atoms with E-state index >= 15 is 0 Å². The van der Waals surface area contributed by atoms with Gasteiger partial charge in [0.25, 0.3) is 0 Å². The summed E-state index contributed by atoms with van der Waals surface area (Å²) in [5.41, 5.74) is 0.486. The molecule has 0 amide bonds. The lowest BCUT2D eigenvalue weighted by Crippen LogP contribution is -2.24. The first-order valence-corrected chi connectivity index (χ1v) is 6.25. The number of hydrogen-bond acceptors (Lipinski definition) is 2. The maximum Gasteiger partial charge on any atom is 0.131 e. The topological polar surface area (TPSA) is 18.5 Å². The van der Waals surface area contributed by atoms with Crippen molar-refractivity contribution >= 4 is 11.6 Å². The van der Waals surface area contributed by atoms with Crippen molar-refractivity contribution in [2.75, 3.05) is 13.7 Å². The number of methoxy groups -OCH3 is 1. The maximum atomic E-state index is 13.8. The molecule has 0 aliphatic carbocycles. The molecule has 1 saturated heterocycles. The van der Waals surface area contributed by atoms with Crippen LogP contribution in [0.4, 0.5) is 4.39 Å². The third-order valence-corrected chi connectivity index (χ3v) is 3.56. The van der Waals surface area contributed by atoms with Crippen LogP contribution in [0.25, 0.3) is 0 Å². The Morgan fingerprint density at radius 3 is 2.88 bits per heavy atom. The summed E-state index contributed by atoms with van der Waals surface area (Å²) in [7, 11) is 1.51. The van der Waals surface area contributed by atoms with Crippen molar-refractivity contribution in [2.45, 2.75) is 30.7 Å². The van der Waals surface area contributed by atoms with E-state index in [0.29, 0.717) is 17.9 Å². The lowest BCUT2D eigenvalue weighted by Gasteiger charge is -2.27. The van der Waals surface area contributed by atoms with E-state index in [0.717, 1.165) is 19.3 Å². The molecule has 2 atom stereocenters. The zero-order chi connectivity index (χ0) is 12.3. The maximum absolute atomic E-state index is 13.8. The second kappa shape index (κ2) is 5.69. The van der Waals surface area contributed by atoms with Gasteiger partial charge in [0.05, 0.1) is 18.6 Å². The van der Waals surface area contributed by atoms with Crippen LogP contribution >= 0.6 is 11.6 Å². The minimum atomic E-state index is -0.429. The highest BCUT2D eigenvalue weighted by atomic mass is 35.5. The molecular weight excluding hydrogens is 243 g/mol. The fourth-order valence-electron chi connectivity index (χ4n) is 2.06. The second-order valence-electron chi connectivity index (χ2n) is 4.19. The Bertz CT molecular complexity index is 378. The molecule has 1 aromatic rings. The summed E-state index contributed by atoms with van der Waals surface area (Å²) >= 11 is 6.28. The lowest BCUT2D eigenvalue weighted by atomic mass is 10.0. The number of ether oxygens (including phenoxy) is 2. The molecule has 4 heteroatoms. The summed E-state index contributed by atoms with van der Waals surface area (Å²) in [4.78, 5) is 0. The van der Waals surface area contributed by atoms with Crippen molar-refractivity contribution in [3.63, 3.8) is 0 Å². The average molecular weight is 259 g/mol. The predicted molar refractivity (Wildman–Crippen MR) is 65.1 cm³/mol. The van der Waals surface area contributed by atoms with E-state index in [2.05, 4.69) is 0 Å². The van der Waals surface area contributed by atoms with Gasteiger partial charge >= 0.3 is 0 Å². The molecule has 0 bridgehead atoms. The summed E-state index contributed by atoms with van der Waals surface area (Å²) in [5, 5.41) is -0.429. The summed E-state index contributed by atoms with van der Waals surface area (Å²) in [6, 6.07) is 4.74. The molecule has 2 rings (SSSR count). The Morgan fingerprint density at radius 1 is 1.47 bits per heavy atom. The molecule has 0 aromatic heterocycles. The predicted octanol–water partition coefficient (Wildman–Crippen LogP) is 3.68. The first-order chi connectivity index (χ1) is 8.22. The third kappa shape index (κ3) is 2.90.